The first-order chi connectivity index (χ1) is 15.3. The first-order valence-corrected chi connectivity index (χ1v) is 11.4. The number of hydrogen-bond donors (Lipinski definition) is 3. The molecule has 9 heteroatoms. The molecule has 0 aromatic heterocycles. The van der Waals surface area contributed by atoms with E-state index in [9.17, 15) is 9.59 Å². The average Bonchev–Trinajstić information content (AvgIpc) is 2.81. The summed E-state index contributed by atoms with van der Waals surface area (Å²) in [5.74, 6) is 1.13. The van der Waals surface area contributed by atoms with Crippen LogP contribution in [0.25, 0.3) is 0 Å². The summed E-state index contributed by atoms with van der Waals surface area (Å²) in [6.07, 6.45) is 8.81. The molecule has 9 nitrogen and oxygen atoms in total. The smallest absolute Gasteiger partial charge is 0.267 e. The van der Waals surface area contributed by atoms with E-state index >= 15 is 0 Å². The second-order valence-electron chi connectivity index (χ2n) is 8.29. The van der Waals surface area contributed by atoms with Gasteiger partial charge in [0, 0.05) is 38.4 Å². The first kappa shape index (κ1) is 27.8. The lowest BCUT2D eigenvalue weighted by molar-refractivity contribution is -0.198. The third-order valence-electron chi connectivity index (χ3n) is 5.40. The number of hydrogen-bond acceptors (Lipinski definition) is 7. The van der Waals surface area contributed by atoms with Gasteiger partial charge in [-0.1, -0.05) is 20.8 Å². The van der Waals surface area contributed by atoms with E-state index in [1.165, 1.54) is 6.08 Å². The molecule has 182 valence electrons. The molecule has 2 rings (SSSR count). The number of nitrogens with one attached hydrogen (secondary N) is 3. The largest absolute Gasteiger partial charge is 0.366 e. The van der Waals surface area contributed by atoms with Crippen molar-refractivity contribution in [3.8, 4) is 0 Å². The van der Waals surface area contributed by atoms with E-state index in [0.717, 1.165) is 43.0 Å². The van der Waals surface area contributed by atoms with Gasteiger partial charge in [0.2, 0.25) is 0 Å². The maximum Gasteiger partial charge on any atom is 0.267 e. The highest BCUT2D eigenvalue weighted by Crippen LogP contribution is 2.12. The Hall–Kier alpha value is -2.23. The minimum atomic E-state index is -0.368. The number of nitrogens with zero attached hydrogens (tertiary/aromatic N) is 2. The molecule has 1 amide bonds. The minimum Gasteiger partial charge on any atom is -0.366 e. The Morgan fingerprint density at radius 3 is 2.66 bits per heavy atom. The second-order valence-corrected chi connectivity index (χ2v) is 8.29. The van der Waals surface area contributed by atoms with Crippen LogP contribution in [0.15, 0.2) is 29.0 Å². The predicted molar refractivity (Wildman–Crippen MR) is 127 cm³/mol. The SMILES string of the molecule is CC[C@H](C=O)N=C1CN(C)C(/C=C/C(=O)NOC2CCCCO2)=CN1.CNC(C)C(C)C. The number of likely N-dealkylation sites (N-methyl/N-ethyl adjacent to an activating group) is 1. The molecule has 32 heavy (non-hydrogen) atoms. The highest BCUT2D eigenvalue weighted by Gasteiger charge is 2.16. The Bertz CT molecular complexity index is 657. The Morgan fingerprint density at radius 2 is 2.16 bits per heavy atom. The fourth-order valence-electron chi connectivity index (χ4n) is 2.76. The van der Waals surface area contributed by atoms with Crippen LogP contribution in [0, 0.1) is 5.92 Å². The minimum absolute atomic E-state index is 0.327. The molecule has 2 aliphatic rings. The summed E-state index contributed by atoms with van der Waals surface area (Å²) < 4.78 is 5.37. The van der Waals surface area contributed by atoms with Crippen LogP contribution in [0.4, 0.5) is 0 Å². The average molecular weight is 452 g/mol. The van der Waals surface area contributed by atoms with Crippen molar-refractivity contribution in [2.24, 2.45) is 10.9 Å². The number of carbonyl (C=O) groups excluding carboxylic acids is 2. The van der Waals surface area contributed by atoms with Crippen molar-refractivity contribution in [2.75, 3.05) is 27.2 Å². The molecule has 0 saturated carbocycles. The number of aldehydes is 1. The number of carbonyl (C=O) groups is 2. The van der Waals surface area contributed by atoms with Crippen molar-refractivity contribution in [1.82, 2.24) is 21.0 Å². The lowest BCUT2D eigenvalue weighted by Gasteiger charge is -2.26. The van der Waals surface area contributed by atoms with Crippen LogP contribution in [-0.4, -0.2) is 68.5 Å². The van der Waals surface area contributed by atoms with Crippen LogP contribution in [0.2, 0.25) is 0 Å². The van der Waals surface area contributed by atoms with Crippen LogP contribution >= 0.6 is 0 Å². The van der Waals surface area contributed by atoms with Crippen molar-refractivity contribution in [3.05, 3.63) is 24.0 Å². The number of hydroxylamine groups is 1. The molecule has 3 atom stereocenters. The second kappa shape index (κ2) is 15.6. The van der Waals surface area contributed by atoms with Crippen molar-refractivity contribution in [1.29, 1.82) is 0 Å². The normalized spacial score (nSPS) is 22.0. The molecule has 0 bridgehead atoms. The zero-order valence-electron chi connectivity index (χ0n) is 20.4. The maximum absolute atomic E-state index is 11.8. The lowest BCUT2D eigenvalue weighted by atomic mass is 10.1. The number of amides is 1. The van der Waals surface area contributed by atoms with E-state index in [4.69, 9.17) is 9.57 Å². The van der Waals surface area contributed by atoms with Crippen molar-refractivity contribution in [2.45, 2.75) is 71.8 Å². The van der Waals surface area contributed by atoms with Crippen LogP contribution in [-0.2, 0) is 19.2 Å². The summed E-state index contributed by atoms with van der Waals surface area (Å²) in [5, 5.41) is 6.22. The Balaban J connectivity index is 0.000000633. The highest BCUT2D eigenvalue weighted by molar-refractivity contribution is 5.89. The molecule has 0 aromatic carbocycles. The number of amidine groups is 1. The molecule has 0 aliphatic carbocycles. The van der Waals surface area contributed by atoms with E-state index in [0.29, 0.717) is 25.6 Å². The van der Waals surface area contributed by atoms with Gasteiger partial charge in [-0.3, -0.25) is 9.79 Å². The zero-order valence-corrected chi connectivity index (χ0v) is 20.4. The van der Waals surface area contributed by atoms with Gasteiger partial charge < -0.3 is 25.1 Å². The van der Waals surface area contributed by atoms with Gasteiger partial charge in [0.1, 0.15) is 18.2 Å². The number of ether oxygens (including phenoxy) is 1. The fraction of sp³-hybridized carbons (Fsp3) is 0.696. The molecular formula is C23H41N5O4. The monoisotopic (exact) mass is 451 g/mol. The zero-order chi connectivity index (χ0) is 23.9. The molecule has 0 radical (unpaired) electrons. The summed E-state index contributed by atoms with van der Waals surface area (Å²) in [6.45, 7) is 9.72. The Labute approximate surface area is 192 Å². The Morgan fingerprint density at radius 1 is 1.41 bits per heavy atom. The lowest BCUT2D eigenvalue weighted by Crippen LogP contribution is -2.38. The van der Waals surface area contributed by atoms with Gasteiger partial charge in [-0.15, -0.1) is 0 Å². The van der Waals surface area contributed by atoms with E-state index in [1.54, 1.807) is 12.3 Å². The highest BCUT2D eigenvalue weighted by atomic mass is 16.8. The first-order valence-electron chi connectivity index (χ1n) is 11.4. The third-order valence-corrected chi connectivity index (χ3v) is 5.40. The molecule has 2 aliphatic heterocycles. The summed E-state index contributed by atoms with van der Waals surface area (Å²) in [5.41, 5.74) is 3.20. The van der Waals surface area contributed by atoms with E-state index < -0.39 is 0 Å². The topological polar surface area (TPSA) is 104 Å². The van der Waals surface area contributed by atoms with Gasteiger partial charge in [0.25, 0.3) is 5.91 Å². The molecular weight excluding hydrogens is 410 g/mol. The molecule has 3 N–H and O–H groups in total. The summed E-state index contributed by atoms with van der Waals surface area (Å²) in [6, 6.07) is 0.325. The summed E-state index contributed by atoms with van der Waals surface area (Å²) in [7, 11) is 3.88. The maximum atomic E-state index is 11.8. The van der Waals surface area contributed by atoms with Gasteiger partial charge in [0.15, 0.2) is 6.29 Å². The van der Waals surface area contributed by atoms with Gasteiger partial charge in [-0.2, -0.15) is 0 Å². The van der Waals surface area contributed by atoms with E-state index in [1.807, 2.05) is 25.9 Å². The molecule has 2 unspecified atom stereocenters. The molecule has 2 heterocycles. The van der Waals surface area contributed by atoms with E-state index in [-0.39, 0.29) is 18.2 Å². The van der Waals surface area contributed by atoms with Crippen molar-refractivity contribution < 1.29 is 19.2 Å². The number of rotatable bonds is 9. The quantitative estimate of drug-likeness (QED) is 0.280. The van der Waals surface area contributed by atoms with Crippen molar-refractivity contribution >= 4 is 18.0 Å². The number of allylic oxidation sites excluding steroid dienone is 1. The molecule has 0 aromatic rings. The van der Waals surface area contributed by atoms with Crippen LogP contribution in [0.5, 0.6) is 0 Å². The standard InChI is InChI=1S/C17H26N4O4.C6H15N/c1-3-13(12-22)19-15-11-21(2)14(10-18-15)7-8-16(23)20-25-17-6-4-5-9-24-17;1-5(2)6(3)7-4/h7-8,10,12-13,17H,3-6,9,11H2,1-2H3,(H,18,19)(H,20,23);5-7H,1-4H3/b8-7+;/t13-,17?;/m1./s1. The predicted octanol–water partition coefficient (Wildman–Crippen LogP) is 2.12. The Kier molecular flexibility index (Phi) is 13.5. The summed E-state index contributed by atoms with van der Waals surface area (Å²) >= 11 is 0. The van der Waals surface area contributed by atoms with Crippen LogP contribution in [0.3, 0.4) is 0 Å². The van der Waals surface area contributed by atoms with Crippen LogP contribution < -0.4 is 16.1 Å². The number of aliphatic imine (C=N–C) groups is 1. The third kappa shape index (κ3) is 10.9. The van der Waals surface area contributed by atoms with Gasteiger partial charge in [0.05, 0.1) is 12.2 Å². The molecule has 1 fully saturated rings. The van der Waals surface area contributed by atoms with Crippen molar-refractivity contribution in [3.63, 3.8) is 0 Å². The summed E-state index contributed by atoms with van der Waals surface area (Å²) in [4.78, 5) is 34.2. The molecule has 0 spiro atoms. The van der Waals surface area contributed by atoms with E-state index in [2.05, 4.69) is 41.9 Å². The van der Waals surface area contributed by atoms with Gasteiger partial charge >= 0.3 is 0 Å². The molecule has 1 saturated heterocycles. The van der Waals surface area contributed by atoms with Gasteiger partial charge in [-0.05, 0) is 45.2 Å². The van der Waals surface area contributed by atoms with Crippen LogP contribution in [0.1, 0.15) is 53.4 Å². The fourth-order valence-corrected chi connectivity index (χ4v) is 2.76. The van der Waals surface area contributed by atoms with Gasteiger partial charge in [-0.25, -0.2) is 10.3 Å².